The Bertz CT molecular complexity index is 692. The summed E-state index contributed by atoms with van der Waals surface area (Å²) in [5.74, 6) is -1.61. The van der Waals surface area contributed by atoms with Crippen LogP contribution in [0.15, 0.2) is 43.0 Å². The number of hydrogen-bond donors (Lipinski definition) is 0. The van der Waals surface area contributed by atoms with E-state index in [1.54, 1.807) is 26.8 Å². The fourth-order valence-electron chi connectivity index (χ4n) is 3.02. The van der Waals surface area contributed by atoms with Crippen LogP contribution in [0.25, 0.3) is 0 Å². The van der Waals surface area contributed by atoms with Gasteiger partial charge in [0, 0.05) is 0 Å². The van der Waals surface area contributed by atoms with Gasteiger partial charge < -0.3 is 9.47 Å². The van der Waals surface area contributed by atoms with E-state index in [9.17, 15) is 14.4 Å². The molecule has 2 unspecified atom stereocenters. The molecule has 1 saturated heterocycles. The average Bonchev–Trinajstić information content (AvgIpc) is 2.93. The molecular weight excluding hydrogens is 346 g/mol. The number of rotatable bonds is 7. The van der Waals surface area contributed by atoms with Crippen molar-refractivity contribution in [3.63, 3.8) is 0 Å². The van der Waals surface area contributed by atoms with Gasteiger partial charge >= 0.3 is 12.1 Å². The van der Waals surface area contributed by atoms with Gasteiger partial charge in [0.05, 0.1) is 18.4 Å². The zero-order valence-corrected chi connectivity index (χ0v) is 16.1. The Morgan fingerprint density at radius 2 is 2.00 bits per heavy atom. The predicted molar refractivity (Wildman–Crippen MR) is 101 cm³/mol. The molecule has 2 rings (SSSR count). The van der Waals surface area contributed by atoms with Crippen LogP contribution in [0.4, 0.5) is 4.79 Å². The molecular formula is C21H27NO5. The van der Waals surface area contributed by atoms with Crippen LogP contribution >= 0.6 is 0 Å². The summed E-state index contributed by atoms with van der Waals surface area (Å²) in [6.45, 7) is 9.10. The van der Waals surface area contributed by atoms with E-state index in [1.807, 2.05) is 30.3 Å². The smallest absolute Gasteiger partial charge is 0.416 e. The fourth-order valence-corrected chi connectivity index (χ4v) is 3.02. The molecule has 0 saturated carbocycles. The monoisotopic (exact) mass is 373 g/mol. The van der Waals surface area contributed by atoms with Gasteiger partial charge in [-0.2, -0.15) is 0 Å². The molecule has 0 N–H and O–H groups in total. The zero-order valence-electron chi connectivity index (χ0n) is 16.1. The Labute approximate surface area is 160 Å². The second kappa shape index (κ2) is 8.84. The van der Waals surface area contributed by atoms with Crippen molar-refractivity contribution in [2.75, 3.05) is 6.61 Å². The van der Waals surface area contributed by atoms with Gasteiger partial charge in [-0.15, -0.1) is 6.58 Å². The highest BCUT2D eigenvalue weighted by Crippen LogP contribution is 2.24. The number of carbonyl (C=O) groups is 3. The van der Waals surface area contributed by atoms with Crippen molar-refractivity contribution in [3.8, 4) is 0 Å². The molecule has 2 amide bonds. The lowest BCUT2D eigenvalue weighted by atomic mass is 9.97. The summed E-state index contributed by atoms with van der Waals surface area (Å²) in [5.41, 5.74) is 0.368. The van der Waals surface area contributed by atoms with Crippen molar-refractivity contribution in [1.29, 1.82) is 0 Å². The molecule has 6 nitrogen and oxygen atoms in total. The van der Waals surface area contributed by atoms with E-state index < -0.39 is 35.5 Å². The van der Waals surface area contributed by atoms with Gasteiger partial charge in [-0.1, -0.05) is 36.4 Å². The SMILES string of the molecule is C=CCC(CC(=O)OC(C)(C)C)C(=O)N1C(=O)OCC1Cc1ccccc1. The van der Waals surface area contributed by atoms with E-state index in [2.05, 4.69) is 6.58 Å². The van der Waals surface area contributed by atoms with Crippen LogP contribution in [-0.4, -0.2) is 41.1 Å². The molecule has 1 aliphatic rings. The highest BCUT2D eigenvalue weighted by molar-refractivity contribution is 5.96. The Morgan fingerprint density at radius 3 is 2.59 bits per heavy atom. The highest BCUT2D eigenvalue weighted by Gasteiger charge is 2.41. The van der Waals surface area contributed by atoms with Crippen molar-refractivity contribution in [2.24, 2.45) is 5.92 Å². The molecule has 27 heavy (non-hydrogen) atoms. The van der Waals surface area contributed by atoms with Crippen molar-refractivity contribution < 1.29 is 23.9 Å². The summed E-state index contributed by atoms with van der Waals surface area (Å²) in [7, 11) is 0. The molecule has 1 aliphatic heterocycles. The lowest BCUT2D eigenvalue weighted by molar-refractivity contribution is -0.158. The second-order valence-corrected chi connectivity index (χ2v) is 7.64. The summed E-state index contributed by atoms with van der Waals surface area (Å²) in [5, 5.41) is 0. The predicted octanol–water partition coefficient (Wildman–Crippen LogP) is 3.50. The Balaban J connectivity index is 2.12. The number of nitrogens with zero attached hydrogens (tertiary/aromatic N) is 1. The van der Waals surface area contributed by atoms with Crippen LogP contribution < -0.4 is 0 Å². The van der Waals surface area contributed by atoms with E-state index in [1.165, 1.54) is 0 Å². The van der Waals surface area contributed by atoms with Crippen molar-refractivity contribution in [1.82, 2.24) is 4.90 Å². The molecule has 2 atom stereocenters. The third-order valence-electron chi connectivity index (χ3n) is 4.15. The molecule has 146 valence electrons. The number of benzene rings is 1. The molecule has 6 heteroatoms. The molecule has 1 aromatic rings. The van der Waals surface area contributed by atoms with E-state index >= 15 is 0 Å². The first kappa shape index (κ1) is 20.7. The average molecular weight is 373 g/mol. The van der Waals surface area contributed by atoms with E-state index in [0.29, 0.717) is 6.42 Å². The van der Waals surface area contributed by atoms with Gasteiger partial charge in [0.2, 0.25) is 5.91 Å². The van der Waals surface area contributed by atoms with Gasteiger partial charge in [-0.25, -0.2) is 9.69 Å². The maximum Gasteiger partial charge on any atom is 0.416 e. The fraction of sp³-hybridized carbons (Fsp3) is 0.476. The molecule has 0 radical (unpaired) electrons. The number of allylic oxidation sites excluding steroid dienone is 1. The molecule has 0 aromatic heterocycles. The van der Waals surface area contributed by atoms with E-state index in [-0.39, 0.29) is 19.4 Å². The third-order valence-corrected chi connectivity index (χ3v) is 4.15. The number of imide groups is 1. The molecule has 1 aromatic carbocycles. The van der Waals surface area contributed by atoms with Crippen LogP contribution in [0.5, 0.6) is 0 Å². The topological polar surface area (TPSA) is 72.9 Å². The summed E-state index contributed by atoms with van der Waals surface area (Å²) < 4.78 is 10.4. The van der Waals surface area contributed by atoms with Crippen LogP contribution in [0, 0.1) is 5.92 Å². The summed E-state index contributed by atoms with van der Waals surface area (Å²) in [4.78, 5) is 38.5. The van der Waals surface area contributed by atoms with Crippen LogP contribution in [0.1, 0.15) is 39.2 Å². The van der Waals surface area contributed by atoms with Crippen LogP contribution in [0.3, 0.4) is 0 Å². The first-order chi connectivity index (χ1) is 12.7. The molecule has 0 aliphatic carbocycles. The quantitative estimate of drug-likeness (QED) is 0.540. The Kier molecular flexibility index (Phi) is 6.77. The summed E-state index contributed by atoms with van der Waals surface area (Å²) in [6.07, 6.45) is 1.58. The minimum atomic E-state index is -0.707. The largest absolute Gasteiger partial charge is 0.460 e. The highest BCUT2D eigenvalue weighted by atomic mass is 16.6. The van der Waals surface area contributed by atoms with Crippen molar-refractivity contribution in [2.45, 2.75) is 51.7 Å². The maximum absolute atomic E-state index is 13.0. The normalized spacial score (nSPS) is 18.0. The molecule has 0 bridgehead atoms. The third kappa shape index (κ3) is 5.94. The number of esters is 1. The van der Waals surface area contributed by atoms with Gasteiger partial charge in [0.15, 0.2) is 0 Å². The van der Waals surface area contributed by atoms with Crippen molar-refractivity contribution in [3.05, 3.63) is 48.6 Å². The van der Waals surface area contributed by atoms with Crippen LogP contribution in [0.2, 0.25) is 0 Å². The van der Waals surface area contributed by atoms with E-state index in [4.69, 9.17) is 9.47 Å². The summed E-state index contributed by atoms with van der Waals surface area (Å²) >= 11 is 0. The van der Waals surface area contributed by atoms with Gasteiger partial charge in [-0.3, -0.25) is 9.59 Å². The maximum atomic E-state index is 13.0. The number of amides is 2. The van der Waals surface area contributed by atoms with Gasteiger partial charge in [0.25, 0.3) is 0 Å². The van der Waals surface area contributed by atoms with Gasteiger partial charge in [0.1, 0.15) is 12.2 Å². The lowest BCUT2D eigenvalue weighted by Gasteiger charge is -2.25. The van der Waals surface area contributed by atoms with Crippen molar-refractivity contribution >= 4 is 18.0 Å². The zero-order chi connectivity index (χ0) is 20.0. The first-order valence-corrected chi connectivity index (χ1v) is 9.07. The molecule has 1 fully saturated rings. The molecule has 1 heterocycles. The minimum absolute atomic E-state index is 0.107. The number of carbonyl (C=O) groups excluding carboxylic acids is 3. The molecule has 0 spiro atoms. The minimum Gasteiger partial charge on any atom is -0.460 e. The second-order valence-electron chi connectivity index (χ2n) is 7.64. The van der Waals surface area contributed by atoms with E-state index in [0.717, 1.165) is 10.5 Å². The first-order valence-electron chi connectivity index (χ1n) is 9.07. The van der Waals surface area contributed by atoms with Gasteiger partial charge in [-0.05, 0) is 39.2 Å². The van der Waals surface area contributed by atoms with Crippen LogP contribution in [-0.2, 0) is 25.5 Å². The Morgan fingerprint density at radius 1 is 1.33 bits per heavy atom. The summed E-state index contributed by atoms with van der Waals surface area (Å²) in [6, 6.07) is 9.20. The number of hydrogen-bond acceptors (Lipinski definition) is 5. The number of ether oxygens (including phenoxy) is 2. The Hall–Kier alpha value is -2.63. The lowest BCUT2D eigenvalue weighted by Crippen LogP contribution is -2.44. The number of cyclic esters (lactones) is 1. The standard InChI is InChI=1S/C21H27NO5/c1-5-9-16(13-18(23)27-21(2,3)4)19(24)22-17(14-26-20(22)25)12-15-10-7-6-8-11-15/h5-8,10-11,16-17H,1,9,12-14H2,2-4H3.